The van der Waals surface area contributed by atoms with Crippen LogP contribution in [0.25, 0.3) is 75.5 Å². The Balaban J connectivity index is 1.20. The van der Waals surface area contributed by atoms with Gasteiger partial charge < -0.3 is 9.32 Å². The molecule has 0 N–H and O–H groups in total. The van der Waals surface area contributed by atoms with E-state index < -0.39 is 0 Å². The lowest BCUT2D eigenvalue weighted by Crippen LogP contribution is -2.10. The molecule has 0 radical (unpaired) electrons. The van der Waals surface area contributed by atoms with Crippen molar-refractivity contribution >= 4 is 70.5 Å². The fourth-order valence-corrected chi connectivity index (χ4v) is 8.68. The molecule has 0 aliphatic heterocycles. The maximum absolute atomic E-state index is 6.49. The van der Waals surface area contributed by atoms with Gasteiger partial charge in [0.1, 0.15) is 11.2 Å². The minimum absolute atomic E-state index is 0.879. The van der Waals surface area contributed by atoms with Gasteiger partial charge in [-0.15, -0.1) is 11.3 Å². The van der Waals surface area contributed by atoms with Crippen molar-refractivity contribution in [2.75, 3.05) is 4.90 Å². The molecule has 0 spiro atoms. The Morgan fingerprint density at radius 3 is 1.75 bits per heavy atom. The zero-order valence-corrected chi connectivity index (χ0v) is 28.5. The molecule has 0 fully saturated rings. The quantitative estimate of drug-likeness (QED) is 0.175. The van der Waals surface area contributed by atoms with E-state index in [-0.39, 0.29) is 0 Å². The third-order valence-electron chi connectivity index (χ3n) is 9.88. The van der Waals surface area contributed by atoms with Gasteiger partial charge in [0.05, 0.1) is 5.69 Å². The summed E-state index contributed by atoms with van der Waals surface area (Å²) in [5.41, 5.74) is 12.3. The van der Waals surface area contributed by atoms with Gasteiger partial charge >= 0.3 is 0 Å². The molecule has 0 unspecified atom stereocenters. The van der Waals surface area contributed by atoms with Gasteiger partial charge in [0.15, 0.2) is 0 Å². The average molecular weight is 670 g/mol. The topological polar surface area (TPSA) is 16.4 Å². The molecular formula is C48H31NOS. The number of nitrogens with zero attached hydrogens (tertiary/aromatic N) is 1. The summed E-state index contributed by atoms with van der Waals surface area (Å²) in [7, 11) is 0. The van der Waals surface area contributed by atoms with E-state index in [1.807, 2.05) is 17.4 Å². The molecule has 8 aromatic carbocycles. The van der Waals surface area contributed by atoms with Crippen molar-refractivity contribution < 1.29 is 4.42 Å². The monoisotopic (exact) mass is 669 g/mol. The van der Waals surface area contributed by atoms with Crippen molar-refractivity contribution in [1.29, 1.82) is 0 Å². The van der Waals surface area contributed by atoms with Crippen LogP contribution in [0.3, 0.4) is 0 Å². The Hall–Kier alpha value is -6.42. The normalized spacial score (nSPS) is 11.5. The Morgan fingerprint density at radius 1 is 0.392 bits per heavy atom. The molecule has 0 saturated heterocycles. The van der Waals surface area contributed by atoms with Crippen LogP contribution >= 0.6 is 11.3 Å². The van der Waals surface area contributed by atoms with Crippen LogP contribution in [-0.4, -0.2) is 0 Å². The SMILES string of the molecule is c1ccc(-c2ccc(N(c3ccc4oc5cc(-c6ccccc6)ccc5c4c3)c3ccc(-c4ccccc4)c4sc5ccccc5c34)cc2)cc1. The molecular weight excluding hydrogens is 639 g/mol. The van der Waals surface area contributed by atoms with E-state index in [4.69, 9.17) is 4.42 Å². The van der Waals surface area contributed by atoms with E-state index in [1.165, 1.54) is 48.0 Å². The van der Waals surface area contributed by atoms with Crippen molar-refractivity contribution in [3.8, 4) is 33.4 Å². The Kier molecular flexibility index (Phi) is 7.04. The lowest BCUT2D eigenvalue weighted by atomic mass is 9.99. The second-order valence-corrected chi connectivity index (χ2v) is 14.0. The molecule has 10 rings (SSSR count). The number of thiophene rings is 1. The minimum Gasteiger partial charge on any atom is -0.456 e. The van der Waals surface area contributed by atoms with Gasteiger partial charge in [0.25, 0.3) is 0 Å². The molecule has 2 heterocycles. The first-order valence-corrected chi connectivity index (χ1v) is 18.1. The molecule has 0 atom stereocenters. The van der Waals surface area contributed by atoms with Crippen LogP contribution < -0.4 is 4.90 Å². The number of fused-ring (bicyclic) bond motifs is 6. The third-order valence-corrected chi connectivity index (χ3v) is 11.1. The van der Waals surface area contributed by atoms with E-state index >= 15 is 0 Å². The highest BCUT2D eigenvalue weighted by Crippen LogP contribution is 2.49. The predicted octanol–water partition coefficient (Wildman–Crippen LogP) is 14.4. The summed E-state index contributed by atoms with van der Waals surface area (Å²) in [4.78, 5) is 2.42. The molecule has 0 saturated carbocycles. The number of benzene rings is 8. The maximum atomic E-state index is 6.49. The summed E-state index contributed by atoms with van der Waals surface area (Å²) < 4.78 is 9.05. The maximum Gasteiger partial charge on any atom is 0.136 e. The van der Waals surface area contributed by atoms with Gasteiger partial charge in [0.2, 0.25) is 0 Å². The fourth-order valence-electron chi connectivity index (χ4n) is 7.42. The third kappa shape index (κ3) is 5.10. The highest BCUT2D eigenvalue weighted by Gasteiger charge is 2.22. The molecule has 0 amide bonds. The second-order valence-electron chi connectivity index (χ2n) is 12.9. The molecule has 51 heavy (non-hydrogen) atoms. The molecule has 0 aliphatic carbocycles. The zero-order valence-electron chi connectivity index (χ0n) is 27.7. The number of rotatable bonds is 6. The standard InChI is InChI=1S/C48H31NOS/c1-4-12-32(13-5-1)34-20-23-37(24-21-34)49(38-25-29-44-42(31-38)40-26-22-36(30-45(40)50-44)33-14-6-2-7-15-33)43-28-27-39(35-16-8-3-9-17-35)48-47(43)41-18-10-11-19-46(41)51-48/h1-31H. The van der Waals surface area contributed by atoms with Crippen LogP contribution in [0.2, 0.25) is 0 Å². The number of hydrogen-bond donors (Lipinski definition) is 0. The van der Waals surface area contributed by atoms with Gasteiger partial charge in [-0.3, -0.25) is 0 Å². The molecule has 3 heteroatoms. The van der Waals surface area contributed by atoms with E-state index in [1.54, 1.807) is 0 Å². The Bertz CT molecular complexity index is 2840. The molecule has 10 aromatic rings. The summed E-state index contributed by atoms with van der Waals surface area (Å²) in [5.74, 6) is 0. The Morgan fingerprint density at radius 2 is 1.00 bits per heavy atom. The van der Waals surface area contributed by atoms with E-state index in [0.29, 0.717) is 0 Å². The number of furan rings is 1. The van der Waals surface area contributed by atoms with Crippen molar-refractivity contribution in [2.45, 2.75) is 0 Å². The van der Waals surface area contributed by atoms with Crippen molar-refractivity contribution in [1.82, 2.24) is 0 Å². The summed E-state index contributed by atoms with van der Waals surface area (Å²) in [5, 5.41) is 4.73. The largest absolute Gasteiger partial charge is 0.456 e. The van der Waals surface area contributed by atoms with Crippen molar-refractivity contribution in [3.63, 3.8) is 0 Å². The van der Waals surface area contributed by atoms with Gasteiger partial charge in [0, 0.05) is 42.3 Å². The van der Waals surface area contributed by atoms with E-state index in [0.717, 1.165) is 44.6 Å². The first kappa shape index (κ1) is 29.5. The molecule has 2 nitrogen and oxygen atoms in total. The van der Waals surface area contributed by atoms with Crippen molar-refractivity contribution in [2.24, 2.45) is 0 Å². The van der Waals surface area contributed by atoms with Gasteiger partial charge in [-0.1, -0.05) is 133 Å². The van der Waals surface area contributed by atoms with E-state index in [9.17, 15) is 0 Å². The van der Waals surface area contributed by atoms with Gasteiger partial charge in [-0.05, 0) is 88.0 Å². The summed E-state index contributed by atoms with van der Waals surface area (Å²) in [6, 6.07) is 67.3. The van der Waals surface area contributed by atoms with Crippen LogP contribution in [-0.2, 0) is 0 Å². The fraction of sp³-hybridized carbons (Fsp3) is 0. The van der Waals surface area contributed by atoms with Crippen LogP contribution in [0.5, 0.6) is 0 Å². The minimum atomic E-state index is 0.879. The number of anilines is 3. The first-order chi connectivity index (χ1) is 25.3. The molecule has 240 valence electrons. The molecule has 0 bridgehead atoms. The summed E-state index contributed by atoms with van der Waals surface area (Å²) in [6.45, 7) is 0. The van der Waals surface area contributed by atoms with Crippen LogP contribution in [0.15, 0.2) is 192 Å². The van der Waals surface area contributed by atoms with Crippen molar-refractivity contribution in [3.05, 3.63) is 188 Å². The first-order valence-electron chi connectivity index (χ1n) is 17.3. The van der Waals surface area contributed by atoms with Crippen LogP contribution in [0, 0.1) is 0 Å². The smallest absolute Gasteiger partial charge is 0.136 e. The highest BCUT2D eigenvalue weighted by molar-refractivity contribution is 7.26. The van der Waals surface area contributed by atoms with E-state index in [2.05, 4.69) is 187 Å². The second kappa shape index (κ2) is 12.2. The van der Waals surface area contributed by atoms with Crippen LogP contribution in [0.4, 0.5) is 17.1 Å². The summed E-state index contributed by atoms with van der Waals surface area (Å²) in [6.07, 6.45) is 0. The van der Waals surface area contributed by atoms with Gasteiger partial charge in [-0.25, -0.2) is 0 Å². The number of hydrogen-bond acceptors (Lipinski definition) is 3. The zero-order chi connectivity index (χ0) is 33.7. The van der Waals surface area contributed by atoms with Crippen LogP contribution in [0.1, 0.15) is 0 Å². The molecule has 0 aliphatic rings. The lowest BCUT2D eigenvalue weighted by molar-refractivity contribution is 0.669. The summed E-state index contributed by atoms with van der Waals surface area (Å²) >= 11 is 1.87. The lowest BCUT2D eigenvalue weighted by Gasteiger charge is -2.27. The molecule has 2 aromatic heterocycles. The highest BCUT2D eigenvalue weighted by atomic mass is 32.1. The Labute approximate surface area is 300 Å². The van der Waals surface area contributed by atoms with Gasteiger partial charge in [-0.2, -0.15) is 0 Å². The average Bonchev–Trinajstić information content (AvgIpc) is 3.78. The predicted molar refractivity (Wildman–Crippen MR) is 218 cm³/mol.